The van der Waals surface area contributed by atoms with E-state index in [0.29, 0.717) is 5.56 Å². The molecule has 0 bridgehead atoms. The second kappa shape index (κ2) is 7.44. The molecular weight excluding hydrogens is 318 g/mol. The zero-order valence-electron chi connectivity index (χ0n) is 13.9. The standard InChI is InChI=1S/C19H21N3O3/c20-19(23)15-5-1-3-13(11-15)9-10-21-18-6-2-4-14-7-8-16(22(24)25)12-17(14)18/h1,3,5,7-8,11-12,18,21H,2,4,6,9-10H2,(H2,20,23)/t18-/m0/s1. The predicted octanol–water partition coefficient (Wildman–Crippen LogP) is 2.90. The van der Waals surface area contributed by atoms with E-state index in [0.717, 1.165) is 43.4 Å². The van der Waals surface area contributed by atoms with E-state index in [9.17, 15) is 14.9 Å². The van der Waals surface area contributed by atoms with E-state index >= 15 is 0 Å². The highest BCUT2D eigenvalue weighted by Crippen LogP contribution is 2.32. The van der Waals surface area contributed by atoms with E-state index in [-0.39, 0.29) is 16.7 Å². The van der Waals surface area contributed by atoms with Gasteiger partial charge < -0.3 is 11.1 Å². The SMILES string of the molecule is NC(=O)c1cccc(CCN[C@H]2CCCc3ccc([N+](=O)[O-])cc32)c1. The number of nitrogens with two attached hydrogens (primary N) is 1. The summed E-state index contributed by atoms with van der Waals surface area (Å²) < 4.78 is 0. The molecule has 130 valence electrons. The van der Waals surface area contributed by atoms with Crippen molar-refractivity contribution >= 4 is 11.6 Å². The number of aryl methyl sites for hydroxylation is 1. The summed E-state index contributed by atoms with van der Waals surface area (Å²) in [5.41, 5.74) is 9.22. The number of nitrogens with one attached hydrogen (secondary N) is 1. The maximum atomic E-state index is 11.3. The number of rotatable bonds is 6. The molecule has 6 nitrogen and oxygen atoms in total. The fraction of sp³-hybridized carbons (Fsp3) is 0.316. The van der Waals surface area contributed by atoms with Crippen molar-refractivity contribution in [2.24, 2.45) is 5.73 Å². The van der Waals surface area contributed by atoms with E-state index in [1.807, 2.05) is 24.3 Å². The topological polar surface area (TPSA) is 98.3 Å². The van der Waals surface area contributed by atoms with Gasteiger partial charge in [-0.05, 0) is 61.1 Å². The quantitative estimate of drug-likeness (QED) is 0.624. The lowest BCUT2D eigenvalue weighted by Crippen LogP contribution is -2.27. The van der Waals surface area contributed by atoms with Crippen molar-refractivity contribution in [1.29, 1.82) is 0 Å². The molecule has 1 atom stereocenters. The van der Waals surface area contributed by atoms with Gasteiger partial charge in [-0.1, -0.05) is 18.2 Å². The van der Waals surface area contributed by atoms with Crippen LogP contribution in [0.5, 0.6) is 0 Å². The summed E-state index contributed by atoms with van der Waals surface area (Å²) in [5.74, 6) is -0.427. The molecule has 1 amide bonds. The van der Waals surface area contributed by atoms with Gasteiger partial charge in [-0.2, -0.15) is 0 Å². The first-order valence-corrected chi connectivity index (χ1v) is 8.44. The molecule has 0 saturated heterocycles. The molecule has 0 unspecified atom stereocenters. The van der Waals surface area contributed by atoms with Crippen LogP contribution in [0.2, 0.25) is 0 Å². The van der Waals surface area contributed by atoms with Gasteiger partial charge in [0.15, 0.2) is 0 Å². The van der Waals surface area contributed by atoms with Gasteiger partial charge in [-0.15, -0.1) is 0 Å². The molecule has 0 spiro atoms. The molecule has 3 rings (SSSR count). The Labute approximate surface area is 146 Å². The molecule has 2 aromatic carbocycles. The number of hydrogen-bond acceptors (Lipinski definition) is 4. The molecule has 0 heterocycles. The van der Waals surface area contributed by atoms with Crippen molar-refractivity contribution in [3.63, 3.8) is 0 Å². The Morgan fingerprint density at radius 3 is 2.88 bits per heavy atom. The molecular formula is C19H21N3O3. The Kier molecular flexibility index (Phi) is 5.09. The third kappa shape index (κ3) is 4.03. The summed E-state index contributed by atoms with van der Waals surface area (Å²) in [5, 5.41) is 14.5. The number of amides is 1. The van der Waals surface area contributed by atoms with Crippen LogP contribution < -0.4 is 11.1 Å². The first-order chi connectivity index (χ1) is 12.0. The fourth-order valence-corrected chi connectivity index (χ4v) is 3.38. The molecule has 25 heavy (non-hydrogen) atoms. The number of nitro benzene ring substituents is 1. The summed E-state index contributed by atoms with van der Waals surface area (Å²) >= 11 is 0. The Morgan fingerprint density at radius 2 is 2.12 bits per heavy atom. The average molecular weight is 339 g/mol. The molecule has 0 radical (unpaired) electrons. The van der Waals surface area contributed by atoms with Crippen LogP contribution in [0.15, 0.2) is 42.5 Å². The van der Waals surface area contributed by atoms with Crippen LogP contribution in [-0.4, -0.2) is 17.4 Å². The van der Waals surface area contributed by atoms with Crippen LogP contribution in [0.1, 0.15) is 45.9 Å². The number of fused-ring (bicyclic) bond motifs is 1. The fourth-order valence-electron chi connectivity index (χ4n) is 3.38. The van der Waals surface area contributed by atoms with Crippen LogP contribution in [0.3, 0.4) is 0 Å². The van der Waals surface area contributed by atoms with E-state index < -0.39 is 5.91 Å². The normalized spacial score (nSPS) is 16.2. The van der Waals surface area contributed by atoms with Gasteiger partial charge in [0.05, 0.1) is 4.92 Å². The largest absolute Gasteiger partial charge is 0.366 e. The highest BCUT2D eigenvalue weighted by atomic mass is 16.6. The molecule has 0 saturated carbocycles. The highest BCUT2D eigenvalue weighted by Gasteiger charge is 2.22. The zero-order chi connectivity index (χ0) is 17.8. The first kappa shape index (κ1) is 17.1. The number of carbonyl (C=O) groups excluding carboxylic acids is 1. The molecule has 0 aliphatic heterocycles. The second-order valence-corrected chi connectivity index (χ2v) is 6.35. The lowest BCUT2D eigenvalue weighted by Gasteiger charge is -2.26. The monoisotopic (exact) mass is 339 g/mol. The van der Waals surface area contributed by atoms with Crippen LogP contribution in [0, 0.1) is 10.1 Å². The number of benzene rings is 2. The molecule has 1 aliphatic carbocycles. The van der Waals surface area contributed by atoms with Crippen LogP contribution in [0.25, 0.3) is 0 Å². The summed E-state index contributed by atoms with van der Waals surface area (Å²) in [6.45, 7) is 0.731. The van der Waals surface area contributed by atoms with Crippen molar-refractivity contribution in [2.75, 3.05) is 6.54 Å². The number of hydrogen-bond donors (Lipinski definition) is 2. The molecule has 0 fully saturated rings. The number of primary amides is 1. The van der Waals surface area contributed by atoms with Crippen molar-refractivity contribution in [3.8, 4) is 0 Å². The van der Waals surface area contributed by atoms with Gasteiger partial charge in [-0.25, -0.2) is 0 Å². The third-order valence-electron chi connectivity index (χ3n) is 4.67. The van der Waals surface area contributed by atoms with Gasteiger partial charge in [0.25, 0.3) is 5.69 Å². The highest BCUT2D eigenvalue weighted by molar-refractivity contribution is 5.92. The Balaban J connectivity index is 1.67. The summed E-state index contributed by atoms with van der Waals surface area (Å²) in [6.07, 6.45) is 3.77. The van der Waals surface area contributed by atoms with Crippen molar-refractivity contribution < 1.29 is 9.72 Å². The smallest absolute Gasteiger partial charge is 0.269 e. The molecule has 6 heteroatoms. The minimum atomic E-state index is -0.427. The van der Waals surface area contributed by atoms with Gasteiger partial charge in [0, 0.05) is 23.7 Å². The molecule has 1 aliphatic rings. The van der Waals surface area contributed by atoms with E-state index in [1.54, 1.807) is 18.2 Å². The number of carbonyl (C=O) groups is 1. The van der Waals surface area contributed by atoms with Crippen LogP contribution in [-0.2, 0) is 12.8 Å². The Hall–Kier alpha value is -2.73. The Morgan fingerprint density at radius 1 is 1.28 bits per heavy atom. The average Bonchev–Trinajstić information content (AvgIpc) is 2.61. The van der Waals surface area contributed by atoms with Gasteiger partial charge in [-0.3, -0.25) is 14.9 Å². The summed E-state index contributed by atoms with van der Waals surface area (Å²) in [6, 6.07) is 12.6. The van der Waals surface area contributed by atoms with Crippen LogP contribution >= 0.6 is 0 Å². The maximum absolute atomic E-state index is 11.3. The molecule has 3 N–H and O–H groups in total. The van der Waals surface area contributed by atoms with Crippen molar-refractivity contribution in [1.82, 2.24) is 5.32 Å². The first-order valence-electron chi connectivity index (χ1n) is 8.44. The minimum absolute atomic E-state index is 0.128. The maximum Gasteiger partial charge on any atom is 0.269 e. The van der Waals surface area contributed by atoms with Crippen molar-refractivity contribution in [3.05, 3.63) is 74.8 Å². The van der Waals surface area contributed by atoms with Gasteiger partial charge in [0.2, 0.25) is 5.91 Å². The summed E-state index contributed by atoms with van der Waals surface area (Å²) in [4.78, 5) is 21.9. The number of non-ortho nitro benzene ring substituents is 1. The number of nitrogens with zero attached hydrogens (tertiary/aromatic N) is 1. The van der Waals surface area contributed by atoms with E-state index in [2.05, 4.69) is 5.32 Å². The van der Waals surface area contributed by atoms with Crippen molar-refractivity contribution in [2.45, 2.75) is 31.7 Å². The summed E-state index contributed by atoms with van der Waals surface area (Å²) in [7, 11) is 0. The lowest BCUT2D eigenvalue weighted by molar-refractivity contribution is -0.385. The number of nitro groups is 1. The van der Waals surface area contributed by atoms with Gasteiger partial charge in [0.1, 0.15) is 0 Å². The zero-order valence-corrected chi connectivity index (χ0v) is 13.9. The van der Waals surface area contributed by atoms with E-state index in [1.165, 1.54) is 5.56 Å². The Bertz CT molecular complexity index is 804. The lowest BCUT2D eigenvalue weighted by atomic mass is 9.87. The van der Waals surface area contributed by atoms with E-state index in [4.69, 9.17) is 5.73 Å². The minimum Gasteiger partial charge on any atom is -0.366 e. The predicted molar refractivity (Wildman–Crippen MR) is 95.4 cm³/mol. The third-order valence-corrected chi connectivity index (χ3v) is 4.67. The van der Waals surface area contributed by atoms with Crippen LogP contribution in [0.4, 0.5) is 5.69 Å². The molecule has 0 aromatic heterocycles. The molecule has 2 aromatic rings. The second-order valence-electron chi connectivity index (χ2n) is 6.35. The van der Waals surface area contributed by atoms with Gasteiger partial charge >= 0.3 is 0 Å².